The molecule has 0 aromatic carbocycles. The maximum atomic E-state index is 12.6. The van der Waals surface area contributed by atoms with Crippen LogP contribution in [0.2, 0.25) is 0 Å². The SMILES string of the molecule is CCC/C=C\C/C=C\CCCCCCCCOCC(COP(=O)(O)OCC[N+](C)(C)C)OC(=O)CCCCCCC/C=C\C/C=C\CCC. The number of phosphoric ester groups is 1. The van der Waals surface area contributed by atoms with Crippen LogP contribution >= 0.6 is 7.82 Å². The molecule has 0 saturated carbocycles. The van der Waals surface area contributed by atoms with Crippen molar-refractivity contribution in [1.29, 1.82) is 0 Å². The zero-order chi connectivity index (χ0) is 36.3. The van der Waals surface area contributed by atoms with Crippen LogP contribution < -0.4 is 0 Å². The first-order valence-electron chi connectivity index (χ1n) is 19.4. The van der Waals surface area contributed by atoms with E-state index in [0.29, 0.717) is 24.1 Å². The topological polar surface area (TPSA) is 91.3 Å². The van der Waals surface area contributed by atoms with Crippen LogP contribution in [-0.2, 0) is 27.9 Å². The number of hydrogen-bond acceptors (Lipinski definition) is 6. The molecule has 0 spiro atoms. The molecule has 0 aromatic rings. The molecule has 9 heteroatoms. The van der Waals surface area contributed by atoms with E-state index in [1.807, 2.05) is 21.1 Å². The Labute approximate surface area is 301 Å². The lowest BCUT2D eigenvalue weighted by Gasteiger charge is -2.24. The van der Waals surface area contributed by atoms with Crippen molar-refractivity contribution in [1.82, 2.24) is 0 Å². The monoisotopic (exact) mass is 713 g/mol. The van der Waals surface area contributed by atoms with Crippen molar-refractivity contribution in [2.24, 2.45) is 0 Å². The molecule has 0 fully saturated rings. The Hall–Kier alpha value is -1.54. The van der Waals surface area contributed by atoms with Crippen molar-refractivity contribution >= 4 is 13.8 Å². The van der Waals surface area contributed by atoms with E-state index < -0.39 is 13.9 Å². The number of hydrogen-bond donors (Lipinski definition) is 1. The van der Waals surface area contributed by atoms with Crippen molar-refractivity contribution in [3.8, 4) is 0 Å². The van der Waals surface area contributed by atoms with Crippen LogP contribution in [0, 0.1) is 0 Å². The predicted octanol–water partition coefficient (Wildman–Crippen LogP) is 10.8. The van der Waals surface area contributed by atoms with Crippen LogP contribution in [0.25, 0.3) is 0 Å². The number of carbonyl (C=O) groups excluding carboxylic acids is 1. The molecule has 2 atom stereocenters. The lowest BCUT2D eigenvalue weighted by molar-refractivity contribution is -0.870. The summed E-state index contributed by atoms with van der Waals surface area (Å²) in [7, 11) is 1.64. The maximum Gasteiger partial charge on any atom is 0.472 e. The molecular formula is C40H75NO7P+. The summed E-state index contributed by atoms with van der Waals surface area (Å²) in [5.74, 6) is -0.335. The highest BCUT2D eigenvalue weighted by Crippen LogP contribution is 2.43. The fraction of sp³-hybridized carbons (Fsp3) is 0.775. The fourth-order valence-electron chi connectivity index (χ4n) is 4.80. The van der Waals surface area contributed by atoms with Gasteiger partial charge in [-0.05, 0) is 64.2 Å². The Morgan fingerprint density at radius 1 is 0.633 bits per heavy atom. The molecule has 0 aromatic heterocycles. The molecule has 8 nitrogen and oxygen atoms in total. The quantitative estimate of drug-likeness (QED) is 0.0230. The van der Waals surface area contributed by atoms with Crippen LogP contribution in [0.3, 0.4) is 0 Å². The molecule has 49 heavy (non-hydrogen) atoms. The second-order valence-electron chi connectivity index (χ2n) is 13.9. The summed E-state index contributed by atoms with van der Waals surface area (Å²) in [5.41, 5.74) is 0. The van der Waals surface area contributed by atoms with Crippen molar-refractivity contribution < 1.29 is 37.3 Å². The molecular weight excluding hydrogens is 637 g/mol. The zero-order valence-electron chi connectivity index (χ0n) is 32.2. The van der Waals surface area contributed by atoms with Crippen molar-refractivity contribution in [2.75, 3.05) is 54.1 Å². The van der Waals surface area contributed by atoms with E-state index in [2.05, 4.69) is 62.5 Å². The summed E-state index contributed by atoms with van der Waals surface area (Å²) >= 11 is 0. The first-order valence-corrected chi connectivity index (χ1v) is 20.9. The number of nitrogens with zero attached hydrogens (tertiary/aromatic N) is 1. The predicted molar refractivity (Wildman–Crippen MR) is 206 cm³/mol. The Bertz CT molecular complexity index is 926. The van der Waals surface area contributed by atoms with Gasteiger partial charge in [-0.1, -0.05) is 120 Å². The lowest BCUT2D eigenvalue weighted by Crippen LogP contribution is -2.37. The molecule has 0 aliphatic carbocycles. The highest BCUT2D eigenvalue weighted by Gasteiger charge is 2.26. The molecule has 2 unspecified atom stereocenters. The van der Waals surface area contributed by atoms with Crippen molar-refractivity contribution in [3.63, 3.8) is 0 Å². The molecule has 0 saturated heterocycles. The Morgan fingerprint density at radius 3 is 1.65 bits per heavy atom. The van der Waals surface area contributed by atoms with Crippen LogP contribution in [-0.4, -0.2) is 75.6 Å². The summed E-state index contributed by atoms with van der Waals surface area (Å²) in [5, 5.41) is 0. The van der Waals surface area contributed by atoms with Gasteiger partial charge in [-0.25, -0.2) is 4.57 Å². The number of allylic oxidation sites excluding steroid dienone is 8. The van der Waals surface area contributed by atoms with Gasteiger partial charge < -0.3 is 18.9 Å². The summed E-state index contributed by atoms with van der Waals surface area (Å²) in [6.07, 6.45) is 38.5. The second-order valence-corrected chi connectivity index (χ2v) is 15.4. The third-order valence-electron chi connectivity index (χ3n) is 7.82. The minimum atomic E-state index is -4.28. The van der Waals surface area contributed by atoms with E-state index in [-0.39, 0.29) is 25.8 Å². The Balaban J connectivity index is 4.35. The van der Waals surface area contributed by atoms with Gasteiger partial charge in [-0.3, -0.25) is 13.8 Å². The molecule has 0 heterocycles. The van der Waals surface area contributed by atoms with Gasteiger partial charge in [0.1, 0.15) is 19.3 Å². The van der Waals surface area contributed by atoms with Crippen molar-refractivity contribution in [3.05, 3.63) is 48.6 Å². The van der Waals surface area contributed by atoms with Crippen LogP contribution in [0.4, 0.5) is 0 Å². The number of phosphoric acid groups is 1. The van der Waals surface area contributed by atoms with Crippen LogP contribution in [0.1, 0.15) is 142 Å². The van der Waals surface area contributed by atoms with Gasteiger partial charge in [-0.15, -0.1) is 0 Å². The van der Waals surface area contributed by atoms with Gasteiger partial charge in [0.25, 0.3) is 0 Å². The number of ether oxygens (including phenoxy) is 2. The van der Waals surface area contributed by atoms with Gasteiger partial charge in [0.15, 0.2) is 0 Å². The molecule has 0 rings (SSSR count). The third kappa shape index (κ3) is 37.5. The number of likely N-dealkylation sites (N-methyl/N-ethyl adjacent to an activating group) is 1. The summed E-state index contributed by atoms with van der Waals surface area (Å²) in [6, 6.07) is 0. The van der Waals surface area contributed by atoms with E-state index in [0.717, 1.165) is 77.0 Å². The molecule has 0 bridgehead atoms. The Morgan fingerprint density at radius 2 is 1.12 bits per heavy atom. The molecule has 0 amide bonds. The standard InChI is InChI=1S/C40H74NO7P/c1-6-8-10-12-14-16-18-20-22-24-26-28-30-32-35-45-37-39(38-47-49(43,44)46-36-34-41(3,4)5)48-40(42)33-31-29-27-25-23-21-19-17-15-13-11-9-7-2/h10-13,16-19,39H,6-9,14-15,20-38H2,1-5H3/p+1/b12-10-,13-11-,18-16-,19-17-. The largest absolute Gasteiger partial charge is 0.472 e. The van der Waals surface area contributed by atoms with Gasteiger partial charge in [-0.2, -0.15) is 0 Å². The van der Waals surface area contributed by atoms with Crippen LogP contribution in [0.15, 0.2) is 48.6 Å². The minimum absolute atomic E-state index is 0.0817. The number of unbranched alkanes of at least 4 members (excludes halogenated alkanes) is 13. The molecule has 0 aliphatic rings. The highest BCUT2D eigenvalue weighted by molar-refractivity contribution is 7.47. The van der Waals surface area contributed by atoms with E-state index in [4.69, 9.17) is 18.5 Å². The molecule has 1 N–H and O–H groups in total. The van der Waals surface area contributed by atoms with Gasteiger partial charge in [0, 0.05) is 13.0 Å². The molecule has 0 aliphatic heterocycles. The lowest BCUT2D eigenvalue weighted by atomic mass is 10.1. The van der Waals surface area contributed by atoms with Crippen LogP contribution in [0.5, 0.6) is 0 Å². The zero-order valence-corrected chi connectivity index (χ0v) is 33.1. The molecule has 286 valence electrons. The molecule has 0 radical (unpaired) electrons. The summed E-state index contributed by atoms with van der Waals surface area (Å²) in [4.78, 5) is 22.8. The summed E-state index contributed by atoms with van der Waals surface area (Å²) < 4.78 is 34.8. The van der Waals surface area contributed by atoms with E-state index in [1.54, 1.807) is 0 Å². The number of carbonyl (C=O) groups is 1. The smallest absolute Gasteiger partial charge is 0.457 e. The average Bonchev–Trinajstić information content (AvgIpc) is 3.04. The van der Waals surface area contributed by atoms with Gasteiger partial charge in [0.2, 0.25) is 0 Å². The number of quaternary nitrogens is 1. The minimum Gasteiger partial charge on any atom is -0.457 e. The van der Waals surface area contributed by atoms with E-state index >= 15 is 0 Å². The fourth-order valence-corrected chi connectivity index (χ4v) is 5.54. The maximum absolute atomic E-state index is 12.6. The first-order chi connectivity index (χ1) is 23.6. The first kappa shape index (κ1) is 47.5. The number of rotatable bonds is 35. The average molecular weight is 713 g/mol. The van der Waals surface area contributed by atoms with E-state index in [1.165, 1.54) is 44.9 Å². The highest BCUT2D eigenvalue weighted by atomic mass is 31.2. The second kappa shape index (κ2) is 33.6. The number of esters is 1. The van der Waals surface area contributed by atoms with Gasteiger partial charge >= 0.3 is 13.8 Å². The Kier molecular flexibility index (Phi) is 32.5. The van der Waals surface area contributed by atoms with E-state index in [9.17, 15) is 14.3 Å². The van der Waals surface area contributed by atoms with Crippen molar-refractivity contribution in [2.45, 2.75) is 148 Å². The third-order valence-corrected chi connectivity index (χ3v) is 8.81. The van der Waals surface area contributed by atoms with Gasteiger partial charge in [0.05, 0.1) is 34.4 Å². The normalized spacial score (nSPS) is 14.5. The summed E-state index contributed by atoms with van der Waals surface area (Å²) in [6.45, 7) is 5.43.